The molecule has 0 saturated carbocycles. The highest BCUT2D eigenvalue weighted by molar-refractivity contribution is 5.43. The number of aromatic nitrogens is 4. The fourth-order valence-electron chi connectivity index (χ4n) is 3.71. The summed E-state index contributed by atoms with van der Waals surface area (Å²) in [5.41, 5.74) is 7.80. The van der Waals surface area contributed by atoms with E-state index in [1.165, 1.54) is 24.3 Å². The molecule has 6 heteroatoms. The van der Waals surface area contributed by atoms with Crippen molar-refractivity contribution in [2.24, 2.45) is 0 Å². The molecule has 0 spiro atoms. The van der Waals surface area contributed by atoms with Crippen molar-refractivity contribution in [1.29, 1.82) is 0 Å². The molecule has 0 saturated heterocycles. The Kier molecular flexibility index (Phi) is 4.78. The summed E-state index contributed by atoms with van der Waals surface area (Å²) in [7, 11) is 0. The van der Waals surface area contributed by atoms with Crippen LogP contribution in [0.25, 0.3) is 11.4 Å². The molecule has 0 aliphatic carbocycles. The molecule has 0 bridgehead atoms. The molecule has 4 aromatic rings. The van der Waals surface area contributed by atoms with E-state index < -0.39 is 0 Å². The monoisotopic (exact) mass is 392 g/mol. The van der Waals surface area contributed by atoms with Gasteiger partial charge in [-0.05, 0) is 76.2 Å². The maximum Gasteiger partial charge on any atom is 0.123 e. The highest BCUT2D eigenvalue weighted by Crippen LogP contribution is 2.25. The molecule has 0 atom stereocenters. The van der Waals surface area contributed by atoms with Gasteiger partial charge in [-0.1, -0.05) is 0 Å². The van der Waals surface area contributed by atoms with E-state index in [4.69, 9.17) is 0 Å². The number of aryl methyl sites for hydroxylation is 2. The molecule has 29 heavy (non-hydrogen) atoms. The van der Waals surface area contributed by atoms with Gasteiger partial charge in [-0.2, -0.15) is 10.2 Å². The van der Waals surface area contributed by atoms with Crippen LogP contribution in [0.4, 0.5) is 8.78 Å². The van der Waals surface area contributed by atoms with E-state index >= 15 is 0 Å². The SMILES string of the molecule is Cc1nn(-c2ccc(F)cc2)c(C)c1Cc1c(C)nn(-c2ccc(F)cc2)c1C. The van der Waals surface area contributed by atoms with E-state index in [0.29, 0.717) is 6.42 Å². The number of nitrogens with zero attached hydrogens (tertiary/aromatic N) is 4. The normalized spacial score (nSPS) is 11.2. The first-order valence-corrected chi connectivity index (χ1v) is 9.47. The summed E-state index contributed by atoms with van der Waals surface area (Å²) in [6.07, 6.45) is 0.692. The summed E-state index contributed by atoms with van der Waals surface area (Å²) in [4.78, 5) is 0. The van der Waals surface area contributed by atoms with Gasteiger partial charge >= 0.3 is 0 Å². The number of hydrogen-bond acceptors (Lipinski definition) is 2. The molecule has 0 unspecified atom stereocenters. The fraction of sp³-hybridized carbons (Fsp3) is 0.217. The standard InChI is InChI=1S/C23H22F2N4/c1-14-22(16(3)28(26-14)20-9-5-18(24)6-10-20)13-23-15(2)27-29(17(23)4)21-11-7-19(25)8-12-21/h5-12H,13H2,1-4H3. The summed E-state index contributed by atoms with van der Waals surface area (Å²) in [6.45, 7) is 8.01. The maximum absolute atomic E-state index is 13.3. The average Bonchev–Trinajstić information content (AvgIpc) is 3.14. The molecule has 4 nitrogen and oxygen atoms in total. The van der Waals surface area contributed by atoms with E-state index in [1.54, 1.807) is 24.3 Å². The molecule has 148 valence electrons. The van der Waals surface area contributed by atoms with Gasteiger partial charge < -0.3 is 0 Å². The van der Waals surface area contributed by atoms with Gasteiger partial charge in [0.25, 0.3) is 0 Å². The smallest absolute Gasteiger partial charge is 0.123 e. The minimum Gasteiger partial charge on any atom is -0.238 e. The first-order valence-electron chi connectivity index (χ1n) is 9.47. The Morgan fingerprint density at radius 3 is 1.31 bits per heavy atom. The Morgan fingerprint density at radius 2 is 0.966 bits per heavy atom. The fourth-order valence-corrected chi connectivity index (χ4v) is 3.71. The van der Waals surface area contributed by atoms with E-state index in [0.717, 1.165) is 45.3 Å². The molecule has 0 fully saturated rings. The minimum absolute atomic E-state index is 0.269. The Hall–Kier alpha value is -3.28. The van der Waals surface area contributed by atoms with Crippen molar-refractivity contribution in [1.82, 2.24) is 19.6 Å². The highest BCUT2D eigenvalue weighted by atomic mass is 19.1. The molecular weight excluding hydrogens is 370 g/mol. The zero-order valence-electron chi connectivity index (χ0n) is 16.9. The third kappa shape index (κ3) is 3.46. The van der Waals surface area contributed by atoms with Crippen LogP contribution >= 0.6 is 0 Å². The topological polar surface area (TPSA) is 35.6 Å². The predicted octanol–water partition coefficient (Wildman–Crippen LogP) is 5.16. The van der Waals surface area contributed by atoms with Gasteiger partial charge in [0.1, 0.15) is 11.6 Å². The lowest BCUT2D eigenvalue weighted by molar-refractivity contribution is 0.626. The first kappa shape index (κ1) is 19.1. The molecular formula is C23H22F2N4. The predicted molar refractivity (Wildman–Crippen MR) is 109 cm³/mol. The second-order valence-corrected chi connectivity index (χ2v) is 7.25. The molecule has 0 amide bonds. The second-order valence-electron chi connectivity index (χ2n) is 7.25. The van der Waals surface area contributed by atoms with Crippen molar-refractivity contribution in [3.05, 3.63) is 94.1 Å². The maximum atomic E-state index is 13.3. The quantitative estimate of drug-likeness (QED) is 0.481. The summed E-state index contributed by atoms with van der Waals surface area (Å²) in [5, 5.41) is 9.33. The van der Waals surface area contributed by atoms with Crippen LogP contribution in [0.3, 0.4) is 0 Å². The Labute approximate surface area is 168 Å². The van der Waals surface area contributed by atoms with Crippen LogP contribution < -0.4 is 0 Å². The molecule has 0 N–H and O–H groups in total. The van der Waals surface area contributed by atoms with Crippen LogP contribution in [-0.4, -0.2) is 19.6 Å². The van der Waals surface area contributed by atoms with Gasteiger partial charge in [0.15, 0.2) is 0 Å². The van der Waals surface area contributed by atoms with Crippen molar-refractivity contribution in [3.8, 4) is 11.4 Å². The summed E-state index contributed by atoms with van der Waals surface area (Å²) < 4.78 is 30.2. The summed E-state index contributed by atoms with van der Waals surface area (Å²) >= 11 is 0. The summed E-state index contributed by atoms with van der Waals surface area (Å²) in [6, 6.07) is 12.6. The molecule has 0 aliphatic heterocycles. The average molecular weight is 392 g/mol. The van der Waals surface area contributed by atoms with Crippen molar-refractivity contribution in [2.75, 3.05) is 0 Å². The summed E-state index contributed by atoms with van der Waals surface area (Å²) in [5.74, 6) is -0.537. The van der Waals surface area contributed by atoms with Crippen molar-refractivity contribution in [3.63, 3.8) is 0 Å². The van der Waals surface area contributed by atoms with Gasteiger partial charge in [-0.25, -0.2) is 18.1 Å². The second kappa shape index (κ2) is 7.28. The minimum atomic E-state index is -0.269. The lowest BCUT2D eigenvalue weighted by atomic mass is 10.0. The van der Waals surface area contributed by atoms with Crippen LogP contribution in [0, 0.1) is 39.3 Å². The van der Waals surface area contributed by atoms with Gasteiger partial charge in [-0.3, -0.25) is 0 Å². The third-order valence-corrected chi connectivity index (χ3v) is 5.38. The Balaban J connectivity index is 1.72. The Morgan fingerprint density at radius 1 is 0.621 bits per heavy atom. The number of hydrogen-bond donors (Lipinski definition) is 0. The van der Waals surface area contributed by atoms with Crippen LogP contribution in [0.1, 0.15) is 33.9 Å². The van der Waals surface area contributed by atoms with Crippen LogP contribution in [0.15, 0.2) is 48.5 Å². The molecule has 4 rings (SSSR count). The van der Waals surface area contributed by atoms with E-state index in [2.05, 4.69) is 10.2 Å². The van der Waals surface area contributed by atoms with Gasteiger partial charge in [0.2, 0.25) is 0 Å². The highest BCUT2D eigenvalue weighted by Gasteiger charge is 2.19. The van der Waals surface area contributed by atoms with Gasteiger partial charge in [0, 0.05) is 28.9 Å². The van der Waals surface area contributed by atoms with Crippen molar-refractivity contribution in [2.45, 2.75) is 34.1 Å². The van der Waals surface area contributed by atoms with Gasteiger partial charge in [0.05, 0.1) is 22.8 Å². The molecule has 0 aliphatic rings. The largest absolute Gasteiger partial charge is 0.238 e. The molecule has 2 heterocycles. The van der Waals surface area contributed by atoms with Crippen molar-refractivity contribution < 1.29 is 8.78 Å². The zero-order chi connectivity index (χ0) is 20.7. The lowest BCUT2D eigenvalue weighted by Crippen LogP contribution is -2.01. The van der Waals surface area contributed by atoms with Gasteiger partial charge in [-0.15, -0.1) is 0 Å². The number of halogens is 2. The number of benzene rings is 2. The van der Waals surface area contributed by atoms with Crippen molar-refractivity contribution >= 4 is 0 Å². The Bertz CT molecular complexity index is 1080. The zero-order valence-corrected chi connectivity index (χ0v) is 16.9. The van der Waals surface area contributed by atoms with E-state index in [1.807, 2.05) is 37.1 Å². The molecule has 2 aromatic heterocycles. The van der Waals surface area contributed by atoms with E-state index in [-0.39, 0.29) is 11.6 Å². The molecule has 2 aromatic carbocycles. The first-order chi connectivity index (χ1) is 13.8. The van der Waals surface area contributed by atoms with Crippen LogP contribution in [-0.2, 0) is 6.42 Å². The lowest BCUT2D eigenvalue weighted by Gasteiger charge is -2.07. The number of rotatable bonds is 4. The third-order valence-electron chi connectivity index (χ3n) is 5.38. The van der Waals surface area contributed by atoms with E-state index in [9.17, 15) is 8.78 Å². The molecule has 0 radical (unpaired) electrons. The van der Waals surface area contributed by atoms with Crippen LogP contribution in [0.2, 0.25) is 0 Å². The van der Waals surface area contributed by atoms with Crippen LogP contribution in [0.5, 0.6) is 0 Å².